The predicted molar refractivity (Wildman–Crippen MR) is 53.3 cm³/mol. The van der Waals surface area contributed by atoms with E-state index in [1.54, 1.807) is 0 Å². The summed E-state index contributed by atoms with van der Waals surface area (Å²) in [6, 6.07) is 1.46. The molecule has 74 valence electrons. The van der Waals surface area contributed by atoms with Gasteiger partial charge in [0.15, 0.2) is 0 Å². The molecule has 2 aliphatic heterocycles. The number of nitrogens with zero attached hydrogens (tertiary/aromatic N) is 1. The molecule has 2 heteroatoms. The molecule has 2 nitrogen and oxygen atoms in total. The summed E-state index contributed by atoms with van der Waals surface area (Å²) in [6.07, 6.45) is 4.30. The molecule has 2 saturated heterocycles. The average molecular weight is 180 g/mol. The molecule has 2 aliphatic carbocycles. The number of hydrogen-bond acceptors (Lipinski definition) is 2. The first-order valence-corrected chi connectivity index (χ1v) is 5.75. The molecule has 0 radical (unpaired) electrons. The fourth-order valence-electron chi connectivity index (χ4n) is 3.42. The van der Waals surface area contributed by atoms with E-state index in [0.717, 1.165) is 23.8 Å². The van der Waals surface area contributed by atoms with Crippen LogP contribution < -0.4 is 5.73 Å². The van der Waals surface area contributed by atoms with E-state index >= 15 is 0 Å². The number of nitrogens with two attached hydrogens (primary N) is 1. The Morgan fingerprint density at radius 1 is 1.15 bits per heavy atom. The molecule has 0 aromatic heterocycles. The topological polar surface area (TPSA) is 29.3 Å². The van der Waals surface area contributed by atoms with Crippen molar-refractivity contribution in [1.29, 1.82) is 0 Å². The quantitative estimate of drug-likeness (QED) is 0.654. The highest BCUT2D eigenvalue weighted by atomic mass is 15.2. The second-order valence-corrected chi connectivity index (χ2v) is 5.41. The lowest BCUT2D eigenvalue weighted by Crippen LogP contribution is -2.65. The summed E-state index contributed by atoms with van der Waals surface area (Å²) in [4.78, 5) is 2.72. The van der Waals surface area contributed by atoms with E-state index in [1.807, 2.05) is 0 Å². The molecule has 2 saturated carbocycles. The van der Waals surface area contributed by atoms with Gasteiger partial charge in [0.05, 0.1) is 0 Å². The number of hydrogen-bond donors (Lipinski definition) is 1. The minimum Gasteiger partial charge on any atom is -0.327 e. The van der Waals surface area contributed by atoms with Crippen LogP contribution in [0.15, 0.2) is 0 Å². The lowest BCUT2D eigenvalue weighted by Gasteiger charge is -2.56. The van der Waals surface area contributed by atoms with Crippen molar-refractivity contribution in [3.05, 3.63) is 0 Å². The number of fused-ring (bicyclic) bond motifs is 2. The van der Waals surface area contributed by atoms with E-state index in [-0.39, 0.29) is 0 Å². The standard InChI is InChI=1S/C11H20N2/c1-7-2-3-10(7)13-5-8-4-9(6-13)11(8)12/h7-11H,2-6,12H2,1H3. The summed E-state index contributed by atoms with van der Waals surface area (Å²) in [5, 5.41) is 0. The molecule has 2 N–H and O–H groups in total. The van der Waals surface area contributed by atoms with E-state index in [9.17, 15) is 0 Å². The van der Waals surface area contributed by atoms with Crippen molar-refractivity contribution >= 4 is 0 Å². The highest BCUT2D eigenvalue weighted by Crippen LogP contribution is 2.43. The Morgan fingerprint density at radius 3 is 2.23 bits per heavy atom. The first kappa shape index (κ1) is 8.25. The molecule has 2 heterocycles. The minimum atomic E-state index is 0.548. The van der Waals surface area contributed by atoms with Gasteiger partial charge < -0.3 is 5.73 Å². The Balaban J connectivity index is 1.63. The number of piperidine rings is 2. The summed E-state index contributed by atoms with van der Waals surface area (Å²) < 4.78 is 0. The van der Waals surface area contributed by atoms with Crippen LogP contribution in [0.25, 0.3) is 0 Å². The molecule has 4 fully saturated rings. The molecule has 13 heavy (non-hydrogen) atoms. The molecule has 0 spiro atoms. The predicted octanol–water partition coefficient (Wildman–Crippen LogP) is 1.06. The van der Waals surface area contributed by atoms with Crippen molar-refractivity contribution < 1.29 is 0 Å². The zero-order valence-electron chi connectivity index (χ0n) is 8.45. The third-order valence-corrected chi connectivity index (χ3v) is 4.68. The van der Waals surface area contributed by atoms with E-state index in [1.165, 1.54) is 32.4 Å². The largest absolute Gasteiger partial charge is 0.327 e. The molecular weight excluding hydrogens is 160 g/mol. The summed E-state index contributed by atoms with van der Waals surface area (Å²) >= 11 is 0. The summed E-state index contributed by atoms with van der Waals surface area (Å²) in [5.41, 5.74) is 6.06. The van der Waals surface area contributed by atoms with Crippen molar-refractivity contribution in [3.8, 4) is 0 Å². The normalized spacial score (nSPS) is 55.4. The van der Waals surface area contributed by atoms with Crippen LogP contribution in [0, 0.1) is 17.8 Å². The maximum atomic E-state index is 6.06. The van der Waals surface area contributed by atoms with Gasteiger partial charge in [-0.2, -0.15) is 0 Å². The Labute approximate surface area is 80.5 Å². The van der Waals surface area contributed by atoms with Gasteiger partial charge in [-0.3, -0.25) is 4.90 Å². The lowest BCUT2D eigenvalue weighted by atomic mass is 9.65. The van der Waals surface area contributed by atoms with Crippen molar-refractivity contribution in [2.45, 2.75) is 38.3 Å². The third kappa shape index (κ3) is 1.08. The SMILES string of the molecule is CC1CCC1N1CC2CC(C1)C2N. The smallest absolute Gasteiger partial charge is 0.0121 e. The van der Waals surface area contributed by atoms with E-state index < -0.39 is 0 Å². The van der Waals surface area contributed by atoms with Gasteiger partial charge in [0.2, 0.25) is 0 Å². The zero-order chi connectivity index (χ0) is 9.00. The van der Waals surface area contributed by atoms with Crippen LogP contribution in [0.1, 0.15) is 26.2 Å². The molecule has 4 rings (SSSR count). The highest BCUT2D eigenvalue weighted by molar-refractivity contribution is 5.02. The van der Waals surface area contributed by atoms with Crippen LogP contribution in [-0.2, 0) is 0 Å². The third-order valence-electron chi connectivity index (χ3n) is 4.68. The molecule has 4 unspecified atom stereocenters. The van der Waals surface area contributed by atoms with Gasteiger partial charge >= 0.3 is 0 Å². The van der Waals surface area contributed by atoms with Gasteiger partial charge in [0.25, 0.3) is 0 Å². The Bertz CT molecular complexity index is 204. The number of rotatable bonds is 1. The summed E-state index contributed by atoms with van der Waals surface area (Å²) in [5.74, 6) is 2.63. The van der Waals surface area contributed by atoms with E-state index in [2.05, 4.69) is 11.8 Å². The zero-order valence-corrected chi connectivity index (χ0v) is 8.45. The molecule has 0 aromatic carbocycles. The summed E-state index contributed by atoms with van der Waals surface area (Å²) in [6.45, 7) is 4.99. The maximum Gasteiger partial charge on any atom is 0.0121 e. The van der Waals surface area contributed by atoms with Crippen LogP contribution in [-0.4, -0.2) is 30.1 Å². The van der Waals surface area contributed by atoms with Crippen LogP contribution in [0.2, 0.25) is 0 Å². The summed E-state index contributed by atoms with van der Waals surface area (Å²) in [7, 11) is 0. The van der Waals surface area contributed by atoms with E-state index in [4.69, 9.17) is 5.73 Å². The van der Waals surface area contributed by atoms with E-state index in [0.29, 0.717) is 6.04 Å². The van der Waals surface area contributed by atoms with Crippen LogP contribution >= 0.6 is 0 Å². The van der Waals surface area contributed by atoms with Gasteiger partial charge in [-0.1, -0.05) is 6.92 Å². The Kier molecular flexibility index (Phi) is 1.72. The van der Waals surface area contributed by atoms with Crippen LogP contribution in [0.4, 0.5) is 0 Å². The lowest BCUT2D eigenvalue weighted by molar-refractivity contribution is -0.0544. The molecule has 4 atom stereocenters. The van der Waals surface area contributed by atoms with Gasteiger partial charge in [0.1, 0.15) is 0 Å². The van der Waals surface area contributed by atoms with Crippen molar-refractivity contribution in [2.24, 2.45) is 23.5 Å². The first-order chi connectivity index (χ1) is 6.25. The molecular formula is C11H20N2. The van der Waals surface area contributed by atoms with Crippen LogP contribution in [0.3, 0.4) is 0 Å². The second-order valence-electron chi connectivity index (χ2n) is 5.41. The van der Waals surface area contributed by atoms with Crippen molar-refractivity contribution in [1.82, 2.24) is 4.90 Å². The van der Waals surface area contributed by atoms with Gasteiger partial charge in [-0.05, 0) is 37.0 Å². The monoisotopic (exact) mass is 180 g/mol. The van der Waals surface area contributed by atoms with Crippen LogP contribution in [0.5, 0.6) is 0 Å². The molecule has 2 bridgehead atoms. The molecule has 4 aliphatic rings. The maximum absolute atomic E-state index is 6.06. The highest BCUT2D eigenvalue weighted by Gasteiger charge is 2.47. The fraction of sp³-hybridized carbons (Fsp3) is 1.00. The Hall–Kier alpha value is -0.0800. The van der Waals surface area contributed by atoms with Gasteiger partial charge in [-0.25, -0.2) is 0 Å². The average Bonchev–Trinajstić information content (AvgIpc) is 2.15. The molecule has 0 amide bonds. The molecule has 0 aromatic rings. The second kappa shape index (κ2) is 2.71. The van der Waals surface area contributed by atoms with Crippen molar-refractivity contribution in [2.75, 3.05) is 13.1 Å². The van der Waals surface area contributed by atoms with Gasteiger partial charge in [-0.15, -0.1) is 0 Å². The first-order valence-electron chi connectivity index (χ1n) is 5.75. The minimum absolute atomic E-state index is 0.548. The fourth-order valence-corrected chi connectivity index (χ4v) is 3.42. The van der Waals surface area contributed by atoms with Crippen molar-refractivity contribution in [3.63, 3.8) is 0 Å². The Morgan fingerprint density at radius 2 is 1.85 bits per heavy atom. The van der Waals surface area contributed by atoms with Gasteiger partial charge in [0, 0.05) is 25.2 Å².